The lowest BCUT2D eigenvalue weighted by molar-refractivity contribution is -0.135. The fraction of sp³-hybridized carbons (Fsp3) is 0.143. The van der Waals surface area contributed by atoms with E-state index in [0.717, 1.165) is 12.3 Å². The summed E-state index contributed by atoms with van der Waals surface area (Å²) in [6.07, 6.45) is 1.72. The van der Waals surface area contributed by atoms with E-state index in [-0.39, 0.29) is 5.57 Å². The Morgan fingerprint density at radius 2 is 2.09 bits per heavy atom. The molecule has 60 valence electrons. The van der Waals surface area contributed by atoms with Crippen LogP contribution in [0, 0.1) is 0 Å². The molecule has 4 nitrogen and oxygen atoms in total. The lowest BCUT2D eigenvalue weighted by atomic mass is 10.3. The van der Waals surface area contributed by atoms with Gasteiger partial charge in [0.2, 0.25) is 0 Å². The first-order chi connectivity index (χ1) is 5.07. The van der Waals surface area contributed by atoms with Gasteiger partial charge < -0.3 is 9.84 Å². The second-order valence-electron chi connectivity index (χ2n) is 1.74. The number of aliphatic carboxylic acids is 1. The summed E-state index contributed by atoms with van der Waals surface area (Å²) in [5, 5.41) is 8.19. The Morgan fingerprint density at radius 1 is 1.55 bits per heavy atom. The Bertz CT molecular complexity index is 214. The topological polar surface area (TPSA) is 63.6 Å². The SMILES string of the molecule is C=COC(=O)C(C)=CC(=O)O. The highest BCUT2D eigenvalue weighted by atomic mass is 16.5. The van der Waals surface area contributed by atoms with E-state index in [0.29, 0.717) is 0 Å². The van der Waals surface area contributed by atoms with E-state index in [2.05, 4.69) is 11.3 Å². The molecule has 0 bridgehead atoms. The summed E-state index contributed by atoms with van der Waals surface area (Å²) < 4.78 is 4.30. The molecule has 0 aromatic rings. The Kier molecular flexibility index (Phi) is 3.66. The monoisotopic (exact) mass is 156 g/mol. The Hall–Kier alpha value is -1.58. The van der Waals surface area contributed by atoms with Crippen LogP contribution in [0.1, 0.15) is 6.92 Å². The molecule has 0 rings (SSSR count). The van der Waals surface area contributed by atoms with Crippen molar-refractivity contribution in [2.24, 2.45) is 0 Å². The van der Waals surface area contributed by atoms with Crippen molar-refractivity contribution >= 4 is 11.9 Å². The molecule has 0 aliphatic rings. The van der Waals surface area contributed by atoms with Crippen LogP contribution in [0.15, 0.2) is 24.5 Å². The molecule has 0 saturated heterocycles. The second kappa shape index (κ2) is 4.27. The number of hydrogen-bond donors (Lipinski definition) is 1. The molecule has 11 heavy (non-hydrogen) atoms. The van der Waals surface area contributed by atoms with Gasteiger partial charge in [0.25, 0.3) is 0 Å². The van der Waals surface area contributed by atoms with Crippen LogP contribution in [0.5, 0.6) is 0 Å². The van der Waals surface area contributed by atoms with Gasteiger partial charge in [-0.3, -0.25) is 0 Å². The first-order valence-electron chi connectivity index (χ1n) is 2.81. The number of carbonyl (C=O) groups is 2. The summed E-state index contributed by atoms with van der Waals surface area (Å²) in [5.41, 5.74) is 0.0254. The zero-order valence-electron chi connectivity index (χ0n) is 6.03. The van der Waals surface area contributed by atoms with Crippen LogP contribution in [0.3, 0.4) is 0 Å². The average molecular weight is 156 g/mol. The van der Waals surface area contributed by atoms with Crippen molar-refractivity contribution in [3.05, 3.63) is 24.5 Å². The molecule has 0 aromatic carbocycles. The van der Waals surface area contributed by atoms with Crippen LogP contribution < -0.4 is 0 Å². The minimum atomic E-state index is -1.18. The van der Waals surface area contributed by atoms with Gasteiger partial charge in [-0.15, -0.1) is 0 Å². The third kappa shape index (κ3) is 3.91. The van der Waals surface area contributed by atoms with Crippen molar-refractivity contribution in [2.45, 2.75) is 6.92 Å². The molecule has 0 spiro atoms. The van der Waals surface area contributed by atoms with E-state index in [1.165, 1.54) is 6.92 Å². The average Bonchev–Trinajstić information content (AvgIpc) is 1.86. The van der Waals surface area contributed by atoms with E-state index in [4.69, 9.17) is 5.11 Å². The van der Waals surface area contributed by atoms with Gasteiger partial charge in [0.1, 0.15) is 0 Å². The fourth-order valence-corrected chi connectivity index (χ4v) is 0.413. The molecule has 0 heterocycles. The highest BCUT2D eigenvalue weighted by molar-refractivity contribution is 5.95. The van der Waals surface area contributed by atoms with Crippen molar-refractivity contribution in [3.8, 4) is 0 Å². The van der Waals surface area contributed by atoms with Crippen molar-refractivity contribution in [3.63, 3.8) is 0 Å². The Labute approximate surface area is 63.8 Å². The first-order valence-corrected chi connectivity index (χ1v) is 2.81. The van der Waals surface area contributed by atoms with Gasteiger partial charge in [-0.25, -0.2) is 9.59 Å². The third-order valence-electron chi connectivity index (χ3n) is 0.852. The maximum absolute atomic E-state index is 10.7. The van der Waals surface area contributed by atoms with E-state index in [1.54, 1.807) is 0 Å². The van der Waals surface area contributed by atoms with Crippen molar-refractivity contribution < 1.29 is 19.4 Å². The molecule has 0 atom stereocenters. The van der Waals surface area contributed by atoms with Crippen LogP contribution in [-0.4, -0.2) is 17.0 Å². The zero-order valence-corrected chi connectivity index (χ0v) is 6.03. The van der Waals surface area contributed by atoms with Crippen LogP contribution >= 0.6 is 0 Å². The van der Waals surface area contributed by atoms with Crippen LogP contribution in [-0.2, 0) is 14.3 Å². The summed E-state index contributed by atoms with van der Waals surface area (Å²) >= 11 is 0. The number of carbonyl (C=O) groups excluding carboxylic acids is 1. The number of ether oxygens (including phenoxy) is 1. The smallest absolute Gasteiger partial charge is 0.338 e. The molecule has 4 heteroatoms. The second-order valence-corrected chi connectivity index (χ2v) is 1.74. The Morgan fingerprint density at radius 3 is 2.45 bits per heavy atom. The highest BCUT2D eigenvalue weighted by Crippen LogP contribution is 1.95. The van der Waals surface area contributed by atoms with E-state index >= 15 is 0 Å². The summed E-state index contributed by atoms with van der Waals surface area (Å²) in [7, 11) is 0. The number of hydrogen-bond acceptors (Lipinski definition) is 3. The van der Waals surface area contributed by atoms with Crippen LogP contribution in [0.25, 0.3) is 0 Å². The van der Waals surface area contributed by atoms with Gasteiger partial charge in [0.15, 0.2) is 0 Å². The van der Waals surface area contributed by atoms with E-state index in [9.17, 15) is 9.59 Å². The molecular weight excluding hydrogens is 148 g/mol. The van der Waals surface area contributed by atoms with Crippen LogP contribution in [0.4, 0.5) is 0 Å². The van der Waals surface area contributed by atoms with Crippen molar-refractivity contribution in [2.75, 3.05) is 0 Å². The quantitative estimate of drug-likeness (QED) is 0.371. The number of carboxylic acids is 1. The standard InChI is InChI=1S/C7H8O4/c1-3-11-7(10)5(2)4-6(8)9/h3-4H,1H2,2H3,(H,8,9). The summed E-state index contributed by atoms with van der Waals surface area (Å²) in [6, 6.07) is 0. The zero-order chi connectivity index (χ0) is 8.85. The molecule has 0 amide bonds. The maximum atomic E-state index is 10.7. The first kappa shape index (κ1) is 9.42. The largest absolute Gasteiger partial charge is 0.478 e. The van der Waals surface area contributed by atoms with Crippen molar-refractivity contribution in [1.29, 1.82) is 0 Å². The normalized spacial score (nSPS) is 10.5. The van der Waals surface area contributed by atoms with Gasteiger partial charge in [0, 0.05) is 11.6 Å². The molecular formula is C7H8O4. The number of rotatable bonds is 3. The van der Waals surface area contributed by atoms with Crippen LogP contribution in [0.2, 0.25) is 0 Å². The van der Waals surface area contributed by atoms with E-state index < -0.39 is 11.9 Å². The maximum Gasteiger partial charge on any atom is 0.338 e. The molecule has 1 N–H and O–H groups in total. The lowest BCUT2D eigenvalue weighted by Crippen LogP contribution is -2.03. The molecule has 0 aliphatic heterocycles. The number of carboxylic acid groups (broad SMARTS) is 1. The summed E-state index contributed by atoms with van der Waals surface area (Å²) in [4.78, 5) is 20.7. The van der Waals surface area contributed by atoms with Gasteiger partial charge in [-0.05, 0) is 6.92 Å². The lowest BCUT2D eigenvalue weighted by Gasteiger charge is -1.95. The van der Waals surface area contributed by atoms with Gasteiger partial charge in [-0.1, -0.05) is 6.58 Å². The van der Waals surface area contributed by atoms with Crippen molar-refractivity contribution in [1.82, 2.24) is 0 Å². The van der Waals surface area contributed by atoms with Gasteiger partial charge in [-0.2, -0.15) is 0 Å². The molecule has 0 fully saturated rings. The number of esters is 1. The third-order valence-corrected chi connectivity index (χ3v) is 0.852. The Balaban J connectivity index is 4.22. The minimum absolute atomic E-state index is 0.0254. The van der Waals surface area contributed by atoms with Gasteiger partial charge in [0.05, 0.1) is 6.26 Å². The fourth-order valence-electron chi connectivity index (χ4n) is 0.413. The van der Waals surface area contributed by atoms with E-state index in [1.807, 2.05) is 0 Å². The molecule has 0 aliphatic carbocycles. The predicted octanol–water partition coefficient (Wildman–Crippen LogP) is 0.704. The highest BCUT2D eigenvalue weighted by Gasteiger charge is 2.04. The minimum Gasteiger partial charge on any atom is -0.478 e. The summed E-state index contributed by atoms with van der Waals surface area (Å²) in [5.74, 6) is -1.88. The predicted molar refractivity (Wildman–Crippen MR) is 37.7 cm³/mol. The molecule has 0 saturated carbocycles. The summed E-state index contributed by atoms with van der Waals surface area (Å²) in [6.45, 7) is 4.49. The van der Waals surface area contributed by atoms with Gasteiger partial charge >= 0.3 is 11.9 Å². The molecule has 0 radical (unpaired) electrons. The molecule has 0 aromatic heterocycles. The molecule has 0 unspecified atom stereocenters.